The Bertz CT molecular complexity index is 896. The summed E-state index contributed by atoms with van der Waals surface area (Å²) in [5.41, 5.74) is 2.19. The maximum atomic E-state index is 6.46. The van der Waals surface area contributed by atoms with Crippen LogP contribution in [-0.2, 0) is 26.0 Å². The van der Waals surface area contributed by atoms with Crippen LogP contribution in [0.5, 0.6) is 0 Å². The average molecular weight is 516 g/mol. The van der Waals surface area contributed by atoms with Crippen molar-refractivity contribution in [2.75, 3.05) is 0 Å². The molecule has 2 aliphatic heterocycles. The van der Waals surface area contributed by atoms with Gasteiger partial charge in [0, 0.05) is 0 Å². The van der Waals surface area contributed by atoms with Crippen molar-refractivity contribution in [1.82, 2.24) is 0 Å². The van der Waals surface area contributed by atoms with E-state index in [0.29, 0.717) is 6.42 Å². The summed E-state index contributed by atoms with van der Waals surface area (Å²) in [6.45, 7) is 0. The SMILES string of the molecule is [Cl-].[Cl-].[Ni+2].c1ccc([C@H]2N=C(CC3=N[C@H](c4ccccc4)C4(CCC4)O3)OC23CCC3)cc1. The van der Waals surface area contributed by atoms with Crippen molar-refractivity contribution >= 4 is 11.8 Å². The molecule has 0 saturated heterocycles. The minimum Gasteiger partial charge on any atom is -1.00 e. The van der Waals surface area contributed by atoms with Crippen molar-refractivity contribution in [1.29, 1.82) is 0 Å². The third kappa shape index (κ3) is 4.09. The molecule has 0 aromatic heterocycles. The molecular formula is C25H26Cl2N2NiO2. The number of nitrogens with zero attached hydrogens (tertiary/aromatic N) is 2. The van der Waals surface area contributed by atoms with Crippen LogP contribution in [0.2, 0.25) is 0 Å². The Morgan fingerprint density at radius 1 is 0.656 bits per heavy atom. The van der Waals surface area contributed by atoms with Crippen LogP contribution in [0.25, 0.3) is 0 Å². The molecule has 0 radical (unpaired) electrons. The van der Waals surface area contributed by atoms with E-state index < -0.39 is 0 Å². The molecule has 2 atom stereocenters. The quantitative estimate of drug-likeness (QED) is 0.519. The minimum absolute atomic E-state index is 0. The molecule has 4 nitrogen and oxygen atoms in total. The summed E-state index contributed by atoms with van der Waals surface area (Å²) in [6.07, 6.45) is 7.28. The molecule has 2 aromatic carbocycles. The molecule has 172 valence electrons. The Hall–Kier alpha value is -1.55. The van der Waals surface area contributed by atoms with Gasteiger partial charge in [-0.25, -0.2) is 9.98 Å². The number of benzene rings is 2. The Labute approximate surface area is 212 Å². The summed E-state index contributed by atoms with van der Waals surface area (Å²) < 4.78 is 12.9. The summed E-state index contributed by atoms with van der Waals surface area (Å²) in [7, 11) is 0. The van der Waals surface area contributed by atoms with Crippen molar-refractivity contribution in [3.8, 4) is 0 Å². The van der Waals surface area contributed by atoms with Crippen LogP contribution in [0.3, 0.4) is 0 Å². The average Bonchev–Trinajstić information content (AvgIpc) is 3.29. The van der Waals surface area contributed by atoms with Gasteiger partial charge in [0.25, 0.3) is 0 Å². The smallest absolute Gasteiger partial charge is 1.00 e. The maximum absolute atomic E-state index is 6.46. The second kappa shape index (κ2) is 9.75. The molecule has 2 aliphatic carbocycles. The Morgan fingerprint density at radius 2 is 1.03 bits per heavy atom. The molecule has 2 saturated carbocycles. The van der Waals surface area contributed by atoms with Gasteiger partial charge in [0.15, 0.2) is 11.8 Å². The molecule has 2 aromatic rings. The van der Waals surface area contributed by atoms with Gasteiger partial charge in [-0.1, -0.05) is 60.7 Å². The number of ether oxygens (including phenoxy) is 2. The van der Waals surface area contributed by atoms with E-state index in [1.165, 1.54) is 24.0 Å². The van der Waals surface area contributed by atoms with Crippen molar-refractivity contribution in [2.45, 2.75) is 68.2 Å². The first-order chi connectivity index (χ1) is 14.3. The van der Waals surface area contributed by atoms with Crippen molar-refractivity contribution < 1.29 is 50.8 Å². The molecule has 0 amide bonds. The second-order valence-corrected chi connectivity index (χ2v) is 8.89. The van der Waals surface area contributed by atoms with Gasteiger partial charge in [0.05, 0.1) is 6.42 Å². The fourth-order valence-corrected chi connectivity index (χ4v) is 5.28. The third-order valence-corrected chi connectivity index (χ3v) is 7.12. The Morgan fingerprint density at radius 3 is 1.34 bits per heavy atom. The van der Waals surface area contributed by atoms with Crippen LogP contribution >= 0.6 is 0 Å². The van der Waals surface area contributed by atoms with Gasteiger partial charge < -0.3 is 34.3 Å². The van der Waals surface area contributed by atoms with Crippen LogP contribution in [-0.4, -0.2) is 23.0 Å². The molecule has 6 rings (SSSR count). The zero-order valence-corrected chi connectivity index (χ0v) is 20.2. The van der Waals surface area contributed by atoms with Gasteiger partial charge in [-0.2, -0.15) is 0 Å². The minimum atomic E-state index is -0.150. The number of hydrogen-bond acceptors (Lipinski definition) is 4. The van der Waals surface area contributed by atoms with Crippen molar-refractivity contribution in [2.24, 2.45) is 9.98 Å². The standard InChI is InChI=1S/C25H26N2O2.2ClH.Ni/c1-3-9-18(10-4-1)22-24(13-7-14-24)28-20(26-22)17-21-27-23(19-11-5-2-6-12-19)25(29-21)15-8-16-25;;;/h1-6,9-12,22-23H,7-8,13-17H2;2*1H;/q;;;+2/p-2/t22-,23-;;;/m1.../s1. The van der Waals surface area contributed by atoms with Crippen molar-refractivity contribution in [3.63, 3.8) is 0 Å². The van der Waals surface area contributed by atoms with Crippen LogP contribution in [0, 0.1) is 0 Å². The third-order valence-electron chi connectivity index (χ3n) is 7.12. The molecule has 0 unspecified atom stereocenters. The van der Waals surface area contributed by atoms with E-state index in [1.807, 2.05) is 0 Å². The van der Waals surface area contributed by atoms with Crippen LogP contribution in [0.4, 0.5) is 0 Å². The number of hydrogen-bond donors (Lipinski definition) is 0. The molecule has 2 heterocycles. The zero-order valence-electron chi connectivity index (χ0n) is 17.7. The summed E-state index contributed by atoms with van der Waals surface area (Å²) in [5.74, 6) is 1.58. The van der Waals surface area contributed by atoms with E-state index >= 15 is 0 Å². The largest absolute Gasteiger partial charge is 2.00 e. The summed E-state index contributed by atoms with van der Waals surface area (Å²) in [6, 6.07) is 21.3. The van der Waals surface area contributed by atoms with E-state index in [0.717, 1.165) is 37.5 Å². The second-order valence-electron chi connectivity index (χ2n) is 8.89. The Kier molecular flexibility index (Phi) is 7.64. The summed E-state index contributed by atoms with van der Waals surface area (Å²) >= 11 is 0. The van der Waals surface area contributed by atoms with Crippen molar-refractivity contribution in [3.05, 3.63) is 71.8 Å². The number of aliphatic imine (C=N–C) groups is 2. The fourth-order valence-electron chi connectivity index (χ4n) is 5.28. The van der Waals surface area contributed by atoms with Gasteiger partial charge >= 0.3 is 16.5 Å². The molecular weight excluding hydrogens is 490 g/mol. The first-order valence-corrected chi connectivity index (χ1v) is 10.9. The molecule has 7 heteroatoms. The van der Waals surface area contributed by atoms with Crippen LogP contribution < -0.4 is 24.8 Å². The molecule has 2 spiro atoms. The van der Waals surface area contributed by atoms with E-state index in [1.54, 1.807) is 0 Å². The normalized spacial score (nSPS) is 25.5. The molecule has 0 bridgehead atoms. The first-order valence-electron chi connectivity index (χ1n) is 10.9. The fraction of sp³-hybridized carbons (Fsp3) is 0.440. The van der Waals surface area contributed by atoms with E-state index in [4.69, 9.17) is 19.5 Å². The van der Waals surface area contributed by atoms with E-state index in [9.17, 15) is 0 Å². The monoisotopic (exact) mass is 514 g/mol. The molecule has 2 fully saturated rings. The summed E-state index contributed by atoms with van der Waals surface area (Å²) in [4.78, 5) is 10.0. The van der Waals surface area contributed by atoms with E-state index in [-0.39, 0.29) is 64.6 Å². The predicted molar refractivity (Wildman–Crippen MR) is 113 cm³/mol. The van der Waals surface area contributed by atoms with Gasteiger partial charge in [0.2, 0.25) is 0 Å². The molecule has 0 N–H and O–H groups in total. The topological polar surface area (TPSA) is 43.2 Å². The molecule has 32 heavy (non-hydrogen) atoms. The number of halogens is 2. The number of rotatable bonds is 4. The van der Waals surface area contributed by atoms with E-state index in [2.05, 4.69) is 60.7 Å². The zero-order chi connectivity index (χ0) is 19.3. The maximum Gasteiger partial charge on any atom is 2.00 e. The van der Waals surface area contributed by atoms with Gasteiger partial charge in [0.1, 0.15) is 23.3 Å². The van der Waals surface area contributed by atoms with Gasteiger partial charge in [-0.3, -0.25) is 0 Å². The van der Waals surface area contributed by atoms with Crippen LogP contribution in [0.15, 0.2) is 70.6 Å². The van der Waals surface area contributed by atoms with Gasteiger partial charge in [-0.15, -0.1) is 0 Å². The first kappa shape index (κ1) is 25.1. The predicted octanol–water partition coefficient (Wildman–Crippen LogP) is -0.433. The molecule has 4 aliphatic rings. The van der Waals surface area contributed by atoms with Gasteiger partial charge in [-0.05, 0) is 49.7 Å². The Balaban J connectivity index is 0.000000963. The van der Waals surface area contributed by atoms with Crippen LogP contribution in [0.1, 0.15) is 68.2 Å². The summed E-state index contributed by atoms with van der Waals surface area (Å²) in [5, 5.41) is 0.